The van der Waals surface area contributed by atoms with Gasteiger partial charge in [0.05, 0.1) is 0 Å². The van der Waals surface area contributed by atoms with Crippen molar-refractivity contribution in [2.75, 3.05) is 0 Å². The summed E-state index contributed by atoms with van der Waals surface area (Å²) in [5.74, 6) is -0.322. The van der Waals surface area contributed by atoms with Gasteiger partial charge in [0, 0.05) is 11.1 Å². The van der Waals surface area contributed by atoms with Crippen LogP contribution in [-0.4, -0.2) is 0 Å². The third-order valence-electron chi connectivity index (χ3n) is 1.96. The Morgan fingerprint density at radius 2 is 2.14 bits per heavy atom. The van der Waals surface area contributed by atoms with E-state index in [1.165, 1.54) is 12.1 Å². The van der Waals surface area contributed by atoms with E-state index in [0.29, 0.717) is 5.02 Å². The minimum absolute atomic E-state index is 0. The van der Waals surface area contributed by atoms with Crippen LogP contribution in [0.1, 0.15) is 31.4 Å². The zero-order valence-corrected chi connectivity index (χ0v) is 9.54. The van der Waals surface area contributed by atoms with E-state index in [4.69, 9.17) is 17.3 Å². The Morgan fingerprint density at radius 3 is 2.64 bits per heavy atom. The van der Waals surface area contributed by atoms with Crippen LogP contribution >= 0.6 is 24.0 Å². The molecule has 0 aliphatic heterocycles. The van der Waals surface area contributed by atoms with Gasteiger partial charge in [0.15, 0.2) is 0 Å². The van der Waals surface area contributed by atoms with Crippen LogP contribution in [-0.2, 0) is 0 Å². The summed E-state index contributed by atoms with van der Waals surface area (Å²) in [7, 11) is 0. The predicted molar refractivity (Wildman–Crippen MR) is 60.5 cm³/mol. The summed E-state index contributed by atoms with van der Waals surface area (Å²) in [4.78, 5) is 0. The smallest absolute Gasteiger partial charge is 0.124 e. The molecule has 1 nitrogen and oxygen atoms in total. The first-order valence-corrected chi connectivity index (χ1v) is 4.73. The second-order valence-electron chi connectivity index (χ2n) is 3.06. The molecule has 0 saturated heterocycles. The molecule has 0 unspecified atom stereocenters. The number of benzene rings is 1. The molecule has 1 aromatic rings. The summed E-state index contributed by atoms with van der Waals surface area (Å²) >= 11 is 5.84. The molecule has 0 spiro atoms. The van der Waals surface area contributed by atoms with Crippen molar-refractivity contribution in [2.24, 2.45) is 5.73 Å². The van der Waals surface area contributed by atoms with E-state index < -0.39 is 0 Å². The molecule has 1 rings (SSSR count). The van der Waals surface area contributed by atoms with Gasteiger partial charge in [-0.3, -0.25) is 0 Å². The maximum absolute atomic E-state index is 12.7. The van der Waals surface area contributed by atoms with Crippen molar-refractivity contribution in [1.82, 2.24) is 0 Å². The Morgan fingerprint density at radius 1 is 1.50 bits per heavy atom. The number of halogens is 3. The van der Waals surface area contributed by atoms with Crippen molar-refractivity contribution in [1.29, 1.82) is 0 Å². The average Bonchev–Trinajstić information content (AvgIpc) is 2.04. The van der Waals surface area contributed by atoms with Crippen LogP contribution in [0.5, 0.6) is 0 Å². The lowest BCUT2D eigenvalue weighted by Crippen LogP contribution is -2.10. The van der Waals surface area contributed by atoms with Crippen LogP contribution < -0.4 is 5.73 Å². The maximum atomic E-state index is 12.7. The predicted octanol–water partition coefficient (Wildman–Crippen LogP) is 3.70. The Balaban J connectivity index is 0.00000169. The van der Waals surface area contributed by atoms with Crippen LogP contribution in [0.2, 0.25) is 5.02 Å². The van der Waals surface area contributed by atoms with Crippen LogP contribution in [0.3, 0.4) is 0 Å². The fourth-order valence-electron chi connectivity index (χ4n) is 1.27. The summed E-state index contributed by atoms with van der Waals surface area (Å²) in [5.41, 5.74) is 6.67. The number of hydrogen-bond donors (Lipinski definition) is 1. The quantitative estimate of drug-likeness (QED) is 0.853. The van der Waals surface area contributed by atoms with Gasteiger partial charge < -0.3 is 5.73 Å². The van der Waals surface area contributed by atoms with Gasteiger partial charge in [-0.15, -0.1) is 12.4 Å². The lowest BCUT2D eigenvalue weighted by Gasteiger charge is -2.12. The Bertz CT molecular complexity index is 291. The van der Waals surface area contributed by atoms with Gasteiger partial charge in [0.1, 0.15) is 5.82 Å². The van der Waals surface area contributed by atoms with Crippen molar-refractivity contribution in [3.8, 4) is 0 Å². The molecule has 0 heterocycles. The van der Waals surface area contributed by atoms with Crippen LogP contribution in [0, 0.1) is 5.82 Å². The summed E-state index contributed by atoms with van der Waals surface area (Å²) in [5, 5.41) is 0.418. The van der Waals surface area contributed by atoms with Crippen molar-refractivity contribution in [2.45, 2.75) is 25.8 Å². The molecule has 2 N–H and O–H groups in total. The minimum Gasteiger partial charge on any atom is -0.324 e. The van der Waals surface area contributed by atoms with Gasteiger partial charge in [-0.2, -0.15) is 0 Å². The summed E-state index contributed by atoms with van der Waals surface area (Å²) in [6.07, 6.45) is 1.86. The highest BCUT2D eigenvalue weighted by atomic mass is 35.5. The molecule has 0 bridgehead atoms. The molecule has 0 saturated carbocycles. The molecule has 0 amide bonds. The molecular formula is C10H14Cl2FN. The molecule has 0 aromatic heterocycles. The fourth-order valence-corrected chi connectivity index (χ4v) is 1.58. The third-order valence-corrected chi connectivity index (χ3v) is 2.29. The Labute approximate surface area is 94.9 Å². The SMILES string of the molecule is CCC[C@@H](N)c1ccc(F)cc1Cl.Cl. The van der Waals surface area contributed by atoms with Gasteiger partial charge in [-0.1, -0.05) is 31.0 Å². The lowest BCUT2D eigenvalue weighted by molar-refractivity contribution is 0.616. The van der Waals surface area contributed by atoms with Gasteiger partial charge in [0.25, 0.3) is 0 Å². The van der Waals surface area contributed by atoms with E-state index >= 15 is 0 Å². The maximum Gasteiger partial charge on any atom is 0.124 e. The zero-order valence-electron chi connectivity index (χ0n) is 7.97. The third kappa shape index (κ3) is 3.45. The van der Waals surface area contributed by atoms with Crippen molar-refractivity contribution in [3.63, 3.8) is 0 Å². The average molecular weight is 238 g/mol. The highest BCUT2D eigenvalue weighted by Gasteiger charge is 2.09. The monoisotopic (exact) mass is 237 g/mol. The van der Waals surface area contributed by atoms with E-state index in [1.807, 2.05) is 0 Å². The molecule has 4 heteroatoms. The zero-order chi connectivity index (χ0) is 9.84. The molecule has 1 atom stereocenters. The highest BCUT2D eigenvalue weighted by Crippen LogP contribution is 2.24. The van der Waals surface area contributed by atoms with Gasteiger partial charge in [0.2, 0.25) is 0 Å². The lowest BCUT2D eigenvalue weighted by atomic mass is 10.0. The molecule has 14 heavy (non-hydrogen) atoms. The van der Waals surface area contributed by atoms with Gasteiger partial charge >= 0.3 is 0 Å². The summed E-state index contributed by atoms with van der Waals surface area (Å²) < 4.78 is 12.7. The second-order valence-corrected chi connectivity index (χ2v) is 3.47. The van der Waals surface area contributed by atoms with Crippen LogP contribution in [0.25, 0.3) is 0 Å². The number of nitrogens with two attached hydrogens (primary N) is 1. The molecule has 0 radical (unpaired) electrons. The standard InChI is InChI=1S/C10H13ClFN.ClH/c1-2-3-10(13)8-5-4-7(12)6-9(8)11;/h4-6,10H,2-3,13H2,1H3;1H/t10-;/m1./s1. The normalized spacial score (nSPS) is 12.0. The van der Waals surface area contributed by atoms with Gasteiger partial charge in [-0.05, 0) is 24.1 Å². The van der Waals surface area contributed by atoms with Crippen molar-refractivity contribution < 1.29 is 4.39 Å². The fraction of sp³-hybridized carbons (Fsp3) is 0.400. The minimum atomic E-state index is -0.322. The second kappa shape index (κ2) is 6.23. The largest absolute Gasteiger partial charge is 0.324 e. The Hall–Kier alpha value is -0.310. The summed E-state index contributed by atoms with van der Waals surface area (Å²) in [6, 6.07) is 4.25. The van der Waals surface area contributed by atoms with Crippen LogP contribution in [0.4, 0.5) is 4.39 Å². The van der Waals surface area contributed by atoms with E-state index in [0.717, 1.165) is 18.4 Å². The molecule has 1 aromatic carbocycles. The number of rotatable bonds is 3. The first-order chi connectivity index (χ1) is 6.15. The summed E-state index contributed by atoms with van der Waals surface area (Å²) in [6.45, 7) is 2.05. The molecule has 0 aliphatic rings. The van der Waals surface area contributed by atoms with E-state index in [2.05, 4.69) is 6.92 Å². The first-order valence-electron chi connectivity index (χ1n) is 4.35. The first kappa shape index (κ1) is 13.7. The Kier molecular flexibility index (Phi) is 6.09. The topological polar surface area (TPSA) is 26.0 Å². The van der Waals surface area contributed by atoms with Crippen LogP contribution in [0.15, 0.2) is 18.2 Å². The number of hydrogen-bond acceptors (Lipinski definition) is 1. The van der Waals surface area contributed by atoms with E-state index in [-0.39, 0.29) is 24.3 Å². The molecule has 0 aliphatic carbocycles. The van der Waals surface area contributed by atoms with E-state index in [1.54, 1.807) is 6.07 Å². The highest BCUT2D eigenvalue weighted by molar-refractivity contribution is 6.31. The molecule has 80 valence electrons. The molecular weight excluding hydrogens is 224 g/mol. The molecule has 0 fully saturated rings. The van der Waals surface area contributed by atoms with E-state index in [9.17, 15) is 4.39 Å². The van der Waals surface area contributed by atoms with Gasteiger partial charge in [-0.25, -0.2) is 4.39 Å². The van der Waals surface area contributed by atoms with Crippen molar-refractivity contribution >= 4 is 24.0 Å². The van der Waals surface area contributed by atoms with Crippen molar-refractivity contribution in [3.05, 3.63) is 34.6 Å².